The van der Waals surface area contributed by atoms with E-state index in [9.17, 15) is 4.39 Å². The normalized spacial score (nSPS) is 11.3. The Kier molecular flexibility index (Phi) is 3.55. The number of H-pyrrole nitrogens is 2. The molecule has 2 aromatic carbocycles. The molecular weight excluding hydrogens is 350 g/mol. The summed E-state index contributed by atoms with van der Waals surface area (Å²) in [7, 11) is 0. The minimum atomic E-state index is -0.276. The van der Waals surface area contributed by atoms with Gasteiger partial charge in [-0.2, -0.15) is 5.10 Å². The summed E-state index contributed by atoms with van der Waals surface area (Å²) < 4.78 is 13.7. The molecule has 7 heteroatoms. The topological polar surface area (TPSA) is 57.4 Å². The molecule has 4 rings (SSSR count). The second-order valence-electron chi connectivity index (χ2n) is 5.50. The molecular formula is C17H11Cl2FN4. The van der Waals surface area contributed by atoms with Gasteiger partial charge in [-0.3, -0.25) is 5.10 Å². The molecule has 2 aromatic heterocycles. The van der Waals surface area contributed by atoms with Crippen molar-refractivity contribution in [1.29, 1.82) is 0 Å². The number of hydrogen-bond acceptors (Lipinski definition) is 2. The van der Waals surface area contributed by atoms with Gasteiger partial charge in [-0.1, -0.05) is 29.3 Å². The summed E-state index contributed by atoms with van der Waals surface area (Å²) in [5, 5.41) is 8.17. The second kappa shape index (κ2) is 5.61. The minimum Gasteiger partial charge on any atom is -0.337 e. The fraction of sp³-hybridized carbons (Fsp3) is 0.0588. The lowest BCUT2D eigenvalue weighted by Gasteiger charge is -1.98. The zero-order chi connectivity index (χ0) is 16.8. The number of nitrogens with zero attached hydrogens (tertiary/aromatic N) is 2. The Balaban J connectivity index is 1.75. The van der Waals surface area contributed by atoms with E-state index in [2.05, 4.69) is 20.2 Å². The van der Waals surface area contributed by atoms with E-state index in [-0.39, 0.29) is 5.82 Å². The number of halogens is 3. The third kappa shape index (κ3) is 2.56. The van der Waals surface area contributed by atoms with E-state index in [0.717, 1.165) is 11.1 Å². The zero-order valence-electron chi connectivity index (χ0n) is 12.5. The maximum Gasteiger partial charge on any atom is 0.156 e. The van der Waals surface area contributed by atoms with Crippen molar-refractivity contribution < 1.29 is 4.39 Å². The Morgan fingerprint density at radius 1 is 1.04 bits per heavy atom. The van der Waals surface area contributed by atoms with Gasteiger partial charge < -0.3 is 4.98 Å². The second-order valence-corrected chi connectivity index (χ2v) is 6.31. The first-order chi connectivity index (χ1) is 11.5. The number of aromatic nitrogens is 4. The standard InChI is InChI=1S/C17H11Cl2FN4/c1-8-4-14-15(6-12(8)20)22-17(21-14)16-7-13(23-24-16)9-2-3-10(18)11(19)5-9/h2-7H,1H3,(H,21,22)(H,23,24). The SMILES string of the molecule is Cc1cc2[nH]c(-c3cc(-c4ccc(Cl)c(Cl)c4)n[nH]3)nc2cc1F. The summed E-state index contributed by atoms with van der Waals surface area (Å²) in [6.45, 7) is 1.72. The molecule has 0 fully saturated rings. The molecule has 0 saturated heterocycles. The van der Waals surface area contributed by atoms with Crippen LogP contribution in [0.2, 0.25) is 10.0 Å². The van der Waals surface area contributed by atoms with E-state index in [1.165, 1.54) is 6.07 Å². The first-order valence-corrected chi connectivity index (χ1v) is 7.94. The van der Waals surface area contributed by atoms with Crippen LogP contribution in [0.4, 0.5) is 4.39 Å². The Hall–Kier alpha value is -2.37. The molecule has 120 valence electrons. The van der Waals surface area contributed by atoms with E-state index in [4.69, 9.17) is 23.2 Å². The van der Waals surface area contributed by atoms with Crippen LogP contribution in [-0.4, -0.2) is 20.2 Å². The van der Waals surface area contributed by atoms with Crippen LogP contribution in [0.25, 0.3) is 33.8 Å². The van der Waals surface area contributed by atoms with Crippen molar-refractivity contribution in [3.8, 4) is 22.8 Å². The molecule has 0 spiro atoms. The highest BCUT2D eigenvalue weighted by molar-refractivity contribution is 6.42. The lowest BCUT2D eigenvalue weighted by atomic mass is 10.1. The molecule has 0 amide bonds. The van der Waals surface area contributed by atoms with Gasteiger partial charge in [0.25, 0.3) is 0 Å². The van der Waals surface area contributed by atoms with Crippen molar-refractivity contribution in [1.82, 2.24) is 20.2 Å². The third-order valence-electron chi connectivity index (χ3n) is 3.81. The summed E-state index contributed by atoms with van der Waals surface area (Å²) in [4.78, 5) is 7.58. The van der Waals surface area contributed by atoms with E-state index in [1.54, 1.807) is 25.1 Å². The molecule has 0 aliphatic carbocycles. The van der Waals surface area contributed by atoms with Gasteiger partial charge in [-0.25, -0.2) is 9.37 Å². The summed E-state index contributed by atoms with van der Waals surface area (Å²) in [5.74, 6) is 0.315. The van der Waals surface area contributed by atoms with Gasteiger partial charge in [0.2, 0.25) is 0 Å². The number of fused-ring (bicyclic) bond motifs is 1. The van der Waals surface area contributed by atoms with Crippen LogP contribution in [0.1, 0.15) is 5.56 Å². The first-order valence-electron chi connectivity index (χ1n) is 7.18. The van der Waals surface area contributed by atoms with Crippen molar-refractivity contribution in [2.75, 3.05) is 0 Å². The molecule has 0 aliphatic rings. The maximum atomic E-state index is 13.7. The largest absolute Gasteiger partial charge is 0.337 e. The van der Waals surface area contributed by atoms with Gasteiger partial charge >= 0.3 is 0 Å². The first kappa shape index (κ1) is 15.2. The van der Waals surface area contributed by atoms with Gasteiger partial charge in [0, 0.05) is 11.6 Å². The molecule has 2 N–H and O–H groups in total. The Morgan fingerprint density at radius 2 is 1.88 bits per heavy atom. The molecule has 0 unspecified atom stereocenters. The van der Waals surface area contributed by atoms with Crippen LogP contribution in [0.5, 0.6) is 0 Å². The van der Waals surface area contributed by atoms with E-state index in [1.807, 2.05) is 12.1 Å². The number of imidazole rings is 1. The van der Waals surface area contributed by atoms with E-state index < -0.39 is 0 Å². The number of benzene rings is 2. The predicted molar refractivity (Wildman–Crippen MR) is 93.8 cm³/mol. The van der Waals surface area contributed by atoms with Crippen molar-refractivity contribution in [3.05, 3.63) is 57.8 Å². The van der Waals surface area contributed by atoms with Crippen LogP contribution >= 0.6 is 23.2 Å². The average molecular weight is 361 g/mol. The van der Waals surface area contributed by atoms with E-state index in [0.29, 0.717) is 38.3 Å². The van der Waals surface area contributed by atoms with Gasteiger partial charge in [-0.05, 0) is 36.8 Å². The van der Waals surface area contributed by atoms with Crippen LogP contribution in [0.15, 0.2) is 36.4 Å². The lowest BCUT2D eigenvalue weighted by molar-refractivity contribution is 0.620. The molecule has 4 nitrogen and oxygen atoms in total. The Bertz CT molecular complexity index is 1030. The maximum absolute atomic E-state index is 13.7. The number of hydrogen-bond donors (Lipinski definition) is 2. The number of aryl methyl sites for hydroxylation is 1. The van der Waals surface area contributed by atoms with Gasteiger partial charge in [0.15, 0.2) is 5.82 Å². The van der Waals surface area contributed by atoms with Crippen molar-refractivity contribution in [2.45, 2.75) is 6.92 Å². The smallest absolute Gasteiger partial charge is 0.156 e. The van der Waals surface area contributed by atoms with Crippen LogP contribution in [-0.2, 0) is 0 Å². The highest BCUT2D eigenvalue weighted by Gasteiger charge is 2.12. The lowest BCUT2D eigenvalue weighted by Crippen LogP contribution is -1.81. The van der Waals surface area contributed by atoms with Crippen molar-refractivity contribution in [2.24, 2.45) is 0 Å². The molecule has 0 bridgehead atoms. The molecule has 2 heterocycles. The van der Waals surface area contributed by atoms with Crippen LogP contribution < -0.4 is 0 Å². The quantitative estimate of drug-likeness (QED) is 0.504. The summed E-state index contributed by atoms with van der Waals surface area (Å²) in [6.07, 6.45) is 0. The molecule has 4 aromatic rings. The van der Waals surface area contributed by atoms with Gasteiger partial charge in [-0.15, -0.1) is 0 Å². The highest BCUT2D eigenvalue weighted by atomic mass is 35.5. The zero-order valence-corrected chi connectivity index (χ0v) is 14.0. The minimum absolute atomic E-state index is 0.276. The predicted octanol–water partition coefficient (Wildman–Crippen LogP) is 5.37. The van der Waals surface area contributed by atoms with Crippen LogP contribution in [0.3, 0.4) is 0 Å². The molecule has 0 saturated carbocycles. The van der Waals surface area contributed by atoms with Gasteiger partial charge in [0.1, 0.15) is 11.5 Å². The summed E-state index contributed by atoms with van der Waals surface area (Å²) >= 11 is 12.0. The average Bonchev–Trinajstić information content (AvgIpc) is 3.17. The van der Waals surface area contributed by atoms with Crippen LogP contribution in [0, 0.1) is 12.7 Å². The Labute approximate surface area is 146 Å². The highest BCUT2D eigenvalue weighted by Crippen LogP contribution is 2.29. The molecule has 24 heavy (non-hydrogen) atoms. The number of rotatable bonds is 2. The fourth-order valence-corrected chi connectivity index (χ4v) is 2.81. The molecule has 0 aliphatic heterocycles. The Morgan fingerprint density at radius 3 is 2.67 bits per heavy atom. The monoisotopic (exact) mass is 360 g/mol. The van der Waals surface area contributed by atoms with Crippen molar-refractivity contribution >= 4 is 34.2 Å². The third-order valence-corrected chi connectivity index (χ3v) is 4.55. The van der Waals surface area contributed by atoms with E-state index >= 15 is 0 Å². The number of aromatic amines is 2. The van der Waals surface area contributed by atoms with Gasteiger partial charge in [0.05, 0.1) is 26.8 Å². The summed E-state index contributed by atoms with van der Waals surface area (Å²) in [5.41, 5.74) is 4.16. The fourth-order valence-electron chi connectivity index (χ4n) is 2.51. The summed E-state index contributed by atoms with van der Waals surface area (Å²) in [6, 6.07) is 10.3. The molecule has 0 atom stereocenters. The number of nitrogens with one attached hydrogen (secondary N) is 2. The van der Waals surface area contributed by atoms with Crippen molar-refractivity contribution in [3.63, 3.8) is 0 Å². The molecule has 0 radical (unpaired) electrons.